The lowest BCUT2D eigenvalue weighted by atomic mass is 10.3. The third-order valence-corrected chi connectivity index (χ3v) is 1.63. The molecule has 15 heavy (non-hydrogen) atoms. The predicted molar refractivity (Wildman–Crippen MR) is 51.0 cm³/mol. The van der Waals surface area contributed by atoms with Crippen LogP contribution in [0, 0.1) is 0 Å². The van der Waals surface area contributed by atoms with Crippen LogP contribution in [-0.4, -0.2) is 21.3 Å². The van der Waals surface area contributed by atoms with Crippen molar-refractivity contribution in [3.63, 3.8) is 0 Å². The summed E-state index contributed by atoms with van der Waals surface area (Å²) in [6.07, 6.45) is 0. The number of carbonyl (C=O) groups is 1. The van der Waals surface area contributed by atoms with E-state index in [0.29, 0.717) is 0 Å². The topological polar surface area (TPSA) is 88.2 Å². The quantitative estimate of drug-likeness (QED) is 0.789. The molecule has 1 heterocycles. The summed E-state index contributed by atoms with van der Waals surface area (Å²) in [5, 5.41) is 18.2. The standard InChI is InChI=1S/C9H7N3O3/c13-8(14)7-11-12-9(15-7)10-6-4-2-1-3-5-6/h1-5H,(H,10,12)(H,13,14). The highest BCUT2D eigenvalue weighted by atomic mass is 16.4. The van der Waals surface area contributed by atoms with Gasteiger partial charge in [-0.1, -0.05) is 28.4 Å². The van der Waals surface area contributed by atoms with E-state index in [2.05, 4.69) is 15.5 Å². The smallest absolute Gasteiger partial charge is 0.393 e. The van der Waals surface area contributed by atoms with E-state index < -0.39 is 11.9 Å². The summed E-state index contributed by atoms with van der Waals surface area (Å²) in [6, 6.07) is 9.17. The lowest BCUT2D eigenvalue weighted by molar-refractivity contribution is 0.0654. The van der Waals surface area contributed by atoms with Crippen molar-refractivity contribution in [2.75, 3.05) is 5.32 Å². The molecule has 0 atom stereocenters. The van der Waals surface area contributed by atoms with E-state index in [0.717, 1.165) is 5.69 Å². The Labute approximate surface area is 84.6 Å². The van der Waals surface area contributed by atoms with Crippen LogP contribution in [0.4, 0.5) is 11.7 Å². The van der Waals surface area contributed by atoms with Crippen LogP contribution in [-0.2, 0) is 0 Å². The maximum absolute atomic E-state index is 10.4. The summed E-state index contributed by atoms with van der Waals surface area (Å²) in [5.41, 5.74) is 0.748. The first kappa shape index (κ1) is 9.20. The third-order valence-electron chi connectivity index (χ3n) is 1.63. The Balaban J connectivity index is 2.15. The van der Waals surface area contributed by atoms with Crippen molar-refractivity contribution in [3.8, 4) is 0 Å². The van der Waals surface area contributed by atoms with Gasteiger partial charge >= 0.3 is 17.9 Å². The zero-order valence-electron chi connectivity index (χ0n) is 7.54. The second-order valence-electron chi connectivity index (χ2n) is 2.71. The van der Waals surface area contributed by atoms with Crippen LogP contribution >= 0.6 is 0 Å². The lowest BCUT2D eigenvalue weighted by Gasteiger charge is -1.98. The molecule has 0 aliphatic carbocycles. The second kappa shape index (κ2) is 3.79. The maximum Gasteiger partial charge on any atom is 0.393 e. The van der Waals surface area contributed by atoms with Crippen LogP contribution in [0.15, 0.2) is 34.7 Å². The van der Waals surface area contributed by atoms with Crippen LogP contribution in [0.25, 0.3) is 0 Å². The monoisotopic (exact) mass is 205 g/mol. The number of nitrogens with one attached hydrogen (secondary N) is 1. The van der Waals surface area contributed by atoms with Gasteiger partial charge in [-0.2, -0.15) is 0 Å². The van der Waals surface area contributed by atoms with Crippen molar-refractivity contribution < 1.29 is 14.3 Å². The van der Waals surface area contributed by atoms with E-state index in [4.69, 9.17) is 9.52 Å². The van der Waals surface area contributed by atoms with E-state index in [-0.39, 0.29) is 6.01 Å². The van der Waals surface area contributed by atoms with Gasteiger partial charge in [0.25, 0.3) is 0 Å². The highest BCUT2D eigenvalue weighted by Crippen LogP contribution is 2.13. The number of nitrogens with zero attached hydrogens (tertiary/aromatic N) is 2. The Hall–Kier alpha value is -2.37. The Morgan fingerprint density at radius 3 is 2.60 bits per heavy atom. The van der Waals surface area contributed by atoms with Crippen molar-refractivity contribution in [3.05, 3.63) is 36.2 Å². The minimum Gasteiger partial charge on any atom is -0.474 e. The van der Waals surface area contributed by atoms with Crippen molar-refractivity contribution >= 4 is 17.7 Å². The minimum absolute atomic E-state index is 0.0543. The largest absolute Gasteiger partial charge is 0.474 e. The van der Waals surface area contributed by atoms with Crippen molar-refractivity contribution in [2.24, 2.45) is 0 Å². The van der Waals surface area contributed by atoms with Crippen molar-refractivity contribution in [1.82, 2.24) is 10.2 Å². The fourth-order valence-corrected chi connectivity index (χ4v) is 1.01. The highest BCUT2D eigenvalue weighted by molar-refractivity contribution is 5.82. The fourth-order valence-electron chi connectivity index (χ4n) is 1.01. The number of benzene rings is 1. The van der Waals surface area contributed by atoms with Crippen molar-refractivity contribution in [1.29, 1.82) is 0 Å². The molecule has 0 amide bonds. The number of anilines is 2. The molecule has 0 bridgehead atoms. The summed E-state index contributed by atoms with van der Waals surface area (Å²) in [7, 11) is 0. The van der Waals surface area contributed by atoms with E-state index >= 15 is 0 Å². The number of rotatable bonds is 3. The molecule has 0 radical (unpaired) electrons. The molecule has 0 saturated carbocycles. The normalized spacial score (nSPS) is 9.87. The summed E-state index contributed by atoms with van der Waals surface area (Å²) in [4.78, 5) is 10.4. The van der Waals surface area contributed by atoms with Gasteiger partial charge in [0.1, 0.15) is 0 Å². The average Bonchev–Trinajstić information content (AvgIpc) is 2.68. The summed E-state index contributed by atoms with van der Waals surface area (Å²) in [6.45, 7) is 0. The van der Waals surface area contributed by atoms with Gasteiger partial charge in [0.15, 0.2) is 0 Å². The molecule has 0 saturated heterocycles. The minimum atomic E-state index is -1.25. The van der Waals surface area contributed by atoms with E-state index in [9.17, 15) is 4.79 Å². The zero-order valence-corrected chi connectivity index (χ0v) is 7.54. The van der Waals surface area contributed by atoms with Crippen LogP contribution in [0.3, 0.4) is 0 Å². The molecular formula is C9H7N3O3. The van der Waals surface area contributed by atoms with Gasteiger partial charge < -0.3 is 14.8 Å². The SMILES string of the molecule is O=C(O)c1nnc(Nc2ccccc2)o1. The van der Waals surface area contributed by atoms with Crippen molar-refractivity contribution in [2.45, 2.75) is 0 Å². The molecule has 2 aromatic rings. The maximum atomic E-state index is 10.4. The van der Waals surface area contributed by atoms with Crippen LogP contribution in [0.1, 0.15) is 10.7 Å². The molecule has 6 nitrogen and oxygen atoms in total. The molecule has 6 heteroatoms. The number of aromatic nitrogens is 2. The molecule has 0 aliphatic heterocycles. The summed E-state index contributed by atoms with van der Waals surface area (Å²) in [5.74, 6) is -1.68. The number of hydrogen-bond acceptors (Lipinski definition) is 5. The fraction of sp³-hybridized carbons (Fsp3) is 0. The third kappa shape index (κ3) is 2.11. The highest BCUT2D eigenvalue weighted by Gasteiger charge is 2.12. The molecule has 1 aromatic carbocycles. The van der Waals surface area contributed by atoms with E-state index in [1.54, 1.807) is 12.1 Å². The van der Waals surface area contributed by atoms with Gasteiger partial charge in [-0.15, -0.1) is 0 Å². The summed E-state index contributed by atoms with van der Waals surface area (Å²) >= 11 is 0. The lowest BCUT2D eigenvalue weighted by Crippen LogP contribution is -1.95. The molecule has 0 unspecified atom stereocenters. The predicted octanol–water partition coefficient (Wildman–Crippen LogP) is 1.51. The van der Waals surface area contributed by atoms with Gasteiger partial charge in [0.2, 0.25) is 0 Å². The zero-order chi connectivity index (χ0) is 10.7. The Morgan fingerprint density at radius 1 is 1.27 bits per heavy atom. The molecule has 76 valence electrons. The van der Waals surface area contributed by atoms with E-state index in [1.165, 1.54) is 0 Å². The van der Waals surface area contributed by atoms with Gasteiger partial charge in [-0.25, -0.2) is 4.79 Å². The number of carboxylic acids is 1. The van der Waals surface area contributed by atoms with E-state index in [1.807, 2.05) is 18.2 Å². The Morgan fingerprint density at radius 2 is 2.00 bits per heavy atom. The second-order valence-corrected chi connectivity index (χ2v) is 2.71. The van der Waals surface area contributed by atoms with Crippen LogP contribution < -0.4 is 5.32 Å². The first-order valence-corrected chi connectivity index (χ1v) is 4.14. The molecule has 0 fully saturated rings. The first-order valence-electron chi connectivity index (χ1n) is 4.14. The first-order chi connectivity index (χ1) is 7.25. The molecule has 0 spiro atoms. The summed E-state index contributed by atoms with van der Waals surface area (Å²) < 4.78 is 4.82. The number of para-hydroxylation sites is 1. The van der Waals surface area contributed by atoms with Gasteiger partial charge in [-0.3, -0.25) is 0 Å². The van der Waals surface area contributed by atoms with Crippen LogP contribution in [0.5, 0.6) is 0 Å². The van der Waals surface area contributed by atoms with Crippen LogP contribution in [0.2, 0.25) is 0 Å². The number of aromatic carboxylic acids is 1. The number of carboxylic acid groups (broad SMARTS) is 1. The van der Waals surface area contributed by atoms with Gasteiger partial charge in [0.05, 0.1) is 0 Å². The number of hydrogen-bond donors (Lipinski definition) is 2. The molecule has 2 N–H and O–H groups in total. The van der Waals surface area contributed by atoms with Gasteiger partial charge in [0, 0.05) is 5.69 Å². The van der Waals surface area contributed by atoms with Gasteiger partial charge in [-0.05, 0) is 12.1 Å². The molecule has 0 aliphatic rings. The molecular weight excluding hydrogens is 198 g/mol. The molecule has 1 aromatic heterocycles. The average molecular weight is 205 g/mol. The Bertz CT molecular complexity index is 466. The Kier molecular flexibility index (Phi) is 2.32. The molecule has 2 rings (SSSR count).